The Morgan fingerprint density at radius 3 is 2.14 bits per heavy atom. The fourth-order valence-electron chi connectivity index (χ4n) is 7.51. The van der Waals surface area contributed by atoms with Crippen LogP contribution in [-0.2, 0) is 6.42 Å². The second kappa shape index (κ2) is 10.8. The molecule has 0 aliphatic heterocycles. The van der Waals surface area contributed by atoms with Crippen molar-refractivity contribution in [3.8, 4) is 34.2 Å². The summed E-state index contributed by atoms with van der Waals surface area (Å²) in [5.41, 5.74) is 10.1. The van der Waals surface area contributed by atoms with Gasteiger partial charge < -0.3 is 13.3 Å². The molecule has 1 aliphatic rings. The number of para-hydroxylation sites is 2. The fraction of sp³-hybridized carbons (Fsp3) is 0.0444. The second-order valence-electron chi connectivity index (χ2n) is 12.9. The molecule has 1 aliphatic carbocycles. The Hall–Kier alpha value is -6.97. The summed E-state index contributed by atoms with van der Waals surface area (Å²) in [6.07, 6.45) is 3.84. The lowest BCUT2D eigenvalue weighted by Crippen LogP contribution is -2.01. The van der Waals surface area contributed by atoms with Crippen molar-refractivity contribution in [1.29, 1.82) is 0 Å². The third-order valence-electron chi connectivity index (χ3n) is 9.92. The van der Waals surface area contributed by atoms with Gasteiger partial charge in [-0.1, -0.05) is 84.9 Å². The summed E-state index contributed by atoms with van der Waals surface area (Å²) in [7, 11) is 0. The molecule has 4 aromatic heterocycles. The van der Waals surface area contributed by atoms with E-state index in [0.717, 1.165) is 101 Å². The molecule has 0 spiro atoms. The predicted molar refractivity (Wildman–Crippen MR) is 201 cm³/mol. The molecule has 0 radical (unpaired) electrons. The number of rotatable bonds is 4. The number of fused-ring (bicyclic) bond motifs is 9. The summed E-state index contributed by atoms with van der Waals surface area (Å²) in [5.74, 6) is 2.73. The van der Waals surface area contributed by atoms with E-state index in [-0.39, 0.29) is 0 Å². The lowest BCUT2D eigenvalue weighted by molar-refractivity contribution is 0.547. The van der Waals surface area contributed by atoms with Crippen LogP contribution in [0.5, 0.6) is 0 Å². The molecule has 4 heterocycles. The fourth-order valence-corrected chi connectivity index (χ4v) is 7.51. The average molecular weight is 656 g/mol. The number of aromatic nitrogens is 3. The third-order valence-corrected chi connectivity index (χ3v) is 9.92. The molecule has 11 rings (SSSR count). The molecule has 0 unspecified atom stereocenters. The van der Waals surface area contributed by atoms with Crippen LogP contribution in [0.15, 0.2) is 135 Å². The van der Waals surface area contributed by atoms with E-state index in [1.807, 2.05) is 91.0 Å². The van der Waals surface area contributed by atoms with Crippen molar-refractivity contribution >= 4 is 66.5 Å². The quantitative estimate of drug-likeness (QED) is 0.188. The molecule has 0 amide bonds. The highest BCUT2D eigenvalue weighted by Crippen LogP contribution is 2.43. The smallest absolute Gasteiger partial charge is 0.164 e. The van der Waals surface area contributed by atoms with Gasteiger partial charge in [0.1, 0.15) is 33.7 Å². The van der Waals surface area contributed by atoms with Gasteiger partial charge in [-0.15, -0.1) is 0 Å². The lowest BCUT2D eigenvalue weighted by Gasteiger charge is -2.15. The topological polar surface area (TPSA) is 78.1 Å². The standard InChI is InChI=1S/C45H25N3O3/c1-2-10-26(11-3-1)43-46-44(28-19-23-40-35(25-28)31-13-5-8-16-37(31)50-40)48-45(47-43)33-21-20-29(42-41(33)32-14-6-9-17-38(32)51-42)27-18-22-39-34(24-27)30-12-4-7-15-36(30)49-39/h1-3,5-11,13-17,19-21,23-25H,18,22H2. The van der Waals surface area contributed by atoms with E-state index in [0.29, 0.717) is 17.5 Å². The minimum absolute atomic E-state index is 0.574. The number of hydrogen-bond acceptors (Lipinski definition) is 6. The minimum Gasteiger partial charge on any atom is -0.460 e. The molecule has 0 atom stereocenters. The Balaban J connectivity index is 1.14. The van der Waals surface area contributed by atoms with Crippen LogP contribution in [0.2, 0.25) is 0 Å². The average Bonchev–Trinajstić information content (AvgIpc) is 3.89. The molecule has 0 saturated carbocycles. The Morgan fingerprint density at radius 2 is 1.25 bits per heavy atom. The Labute approximate surface area is 291 Å². The van der Waals surface area contributed by atoms with Crippen molar-refractivity contribution in [2.45, 2.75) is 12.8 Å². The molecule has 51 heavy (non-hydrogen) atoms. The van der Waals surface area contributed by atoms with Gasteiger partial charge in [-0.2, -0.15) is 0 Å². The predicted octanol–water partition coefficient (Wildman–Crippen LogP) is 11.5. The summed E-state index contributed by atoms with van der Waals surface area (Å²) in [5, 5.41) is 5.00. The van der Waals surface area contributed by atoms with E-state index >= 15 is 0 Å². The van der Waals surface area contributed by atoms with Gasteiger partial charge in [0.15, 0.2) is 17.5 Å². The van der Waals surface area contributed by atoms with E-state index in [9.17, 15) is 0 Å². The van der Waals surface area contributed by atoms with Crippen molar-refractivity contribution in [3.63, 3.8) is 0 Å². The molecule has 6 heteroatoms. The molecule has 0 saturated heterocycles. The second-order valence-corrected chi connectivity index (χ2v) is 12.9. The first-order valence-corrected chi connectivity index (χ1v) is 17.0. The van der Waals surface area contributed by atoms with Crippen molar-refractivity contribution in [1.82, 2.24) is 15.0 Å². The zero-order valence-electron chi connectivity index (χ0n) is 27.1. The number of benzene rings is 5. The van der Waals surface area contributed by atoms with Gasteiger partial charge in [0.25, 0.3) is 0 Å². The van der Waals surface area contributed by atoms with Crippen LogP contribution in [0, 0.1) is 12.1 Å². The Morgan fingerprint density at radius 1 is 0.529 bits per heavy atom. The van der Waals surface area contributed by atoms with Crippen LogP contribution in [0.3, 0.4) is 0 Å². The maximum Gasteiger partial charge on any atom is 0.164 e. The molecular formula is C45H25N3O3. The summed E-state index contributed by atoms with van der Waals surface area (Å²) in [4.78, 5) is 15.3. The maximum atomic E-state index is 6.71. The van der Waals surface area contributed by atoms with Crippen LogP contribution in [0.25, 0.3) is 101 Å². The Kier molecular flexibility index (Phi) is 5.89. The largest absolute Gasteiger partial charge is 0.460 e. The van der Waals surface area contributed by atoms with Gasteiger partial charge in [-0.3, -0.25) is 0 Å². The summed E-state index contributed by atoms with van der Waals surface area (Å²) in [6, 6.07) is 46.8. The third kappa shape index (κ3) is 4.35. The van der Waals surface area contributed by atoms with Crippen molar-refractivity contribution in [2.24, 2.45) is 0 Å². The molecule has 0 N–H and O–H groups in total. The number of nitrogens with zero attached hydrogens (tertiary/aromatic N) is 3. The zero-order valence-corrected chi connectivity index (χ0v) is 27.1. The SMILES string of the molecule is c1ccc2oc3c(c2c#1)C=C(c1ccc(-c2nc(-c4ccccc4)nc(-c4ccc5oc6ccccc6c5c4)n2)c2c1oc1ccccc12)CC3. The van der Waals surface area contributed by atoms with E-state index in [2.05, 4.69) is 48.5 Å². The van der Waals surface area contributed by atoms with Gasteiger partial charge in [0, 0.05) is 55.8 Å². The monoisotopic (exact) mass is 655 g/mol. The Bertz CT molecular complexity index is 3040. The normalized spacial score (nSPS) is 12.9. The van der Waals surface area contributed by atoms with Crippen LogP contribution in [0.4, 0.5) is 0 Å². The highest BCUT2D eigenvalue weighted by Gasteiger charge is 2.24. The molecule has 6 aromatic carbocycles. The molecule has 238 valence electrons. The van der Waals surface area contributed by atoms with Gasteiger partial charge in [0.05, 0.1) is 5.39 Å². The maximum absolute atomic E-state index is 6.71. The molecule has 10 aromatic rings. The first-order chi connectivity index (χ1) is 25.2. The summed E-state index contributed by atoms with van der Waals surface area (Å²) >= 11 is 0. The number of furan rings is 3. The van der Waals surface area contributed by atoms with Crippen LogP contribution in [0.1, 0.15) is 23.3 Å². The summed E-state index contributed by atoms with van der Waals surface area (Å²) < 4.78 is 19.0. The van der Waals surface area contributed by atoms with Crippen LogP contribution < -0.4 is 0 Å². The van der Waals surface area contributed by atoms with Crippen LogP contribution in [-0.4, -0.2) is 15.0 Å². The van der Waals surface area contributed by atoms with E-state index in [1.165, 1.54) is 5.57 Å². The molecular weight excluding hydrogens is 631 g/mol. The van der Waals surface area contributed by atoms with Crippen molar-refractivity contribution < 1.29 is 13.3 Å². The van der Waals surface area contributed by atoms with Crippen molar-refractivity contribution in [3.05, 3.63) is 150 Å². The van der Waals surface area contributed by atoms with Crippen LogP contribution >= 0.6 is 0 Å². The first-order valence-electron chi connectivity index (χ1n) is 17.0. The van der Waals surface area contributed by atoms with Gasteiger partial charge >= 0.3 is 0 Å². The number of allylic oxidation sites excluding steroid dienone is 1. The molecule has 6 nitrogen and oxygen atoms in total. The minimum atomic E-state index is 0.574. The van der Waals surface area contributed by atoms with E-state index in [4.69, 9.17) is 28.2 Å². The number of hydrogen-bond donors (Lipinski definition) is 0. The van der Waals surface area contributed by atoms with Crippen molar-refractivity contribution in [2.75, 3.05) is 0 Å². The number of aryl methyl sites for hydroxylation is 1. The van der Waals surface area contributed by atoms with E-state index in [1.54, 1.807) is 0 Å². The van der Waals surface area contributed by atoms with Gasteiger partial charge in [-0.25, -0.2) is 15.0 Å². The summed E-state index contributed by atoms with van der Waals surface area (Å²) in [6.45, 7) is 0. The zero-order chi connectivity index (χ0) is 33.5. The lowest BCUT2D eigenvalue weighted by atomic mass is 9.90. The van der Waals surface area contributed by atoms with Gasteiger partial charge in [0.2, 0.25) is 0 Å². The van der Waals surface area contributed by atoms with E-state index < -0.39 is 0 Å². The highest BCUT2D eigenvalue weighted by atomic mass is 16.3. The molecule has 0 bridgehead atoms. The highest BCUT2D eigenvalue weighted by molar-refractivity contribution is 6.15. The first kappa shape index (κ1) is 27.9. The molecule has 0 fully saturated rings. The van der Waals surface area contributed by atoms with Gasteiger partial charge in [-0.05, 0) is 66.6 Å².